The maximum absolute atomic E-state index is 11.5. The second-order valence-electron chi connectivity index (χ2n) is 2.72. The number of H-pyrrole nitrogens is 1. The molecule has 0 saturated carbocycles. The van der Waals surface area contributed by atoms with E-state index in [1.165, 1.54) is 18.4 Å². The number of aromatic amines is 1. The number of hydrogen-bond donors (Lipinski definition) is 1. The molecule has 15 heavy (non-hydrogen) atoms. The number of carbonyl (C=O) groups excluding carboxylic acids is 1. The van der Waals surface area contributed by atoms with Gasteiger partial charge in [-0.3, -0.25) is 0 Å². The number of aromatic nitrogens is 1. The number of methoxy groups -OCH3 is 1. The zero-order valence-corrected chi connectivity index (χ0v) is 10.2. The molecule has 2 aromatic heterocycles. The SMILES string of the molecule is COC(=O)c1[nH]c(=S)sc1-c1ccsc1. The van der Waals surface area contributed by atoms with Gasteiger partial charge >= 0.3 is 5.97 Å². The van der Waals surface area contributed by atoms with Crippen LogP contribution in [0.3, 0.4) is 0 Å². The van der Waals surface area contributed by atoms with Crippen molar-refractivity contribution in [2.45, 2.75) is 0 Å². The zero-order chi connectivity index (χ0) is 10.8. The lowest BCUT2D eigenvalue weighted by Crippen LogP contribution is -2.02. The van der Waals surface area contributed by atoms with Crippen LogP contribution in [-0.2, 0) is 4.74 Å². The van der Waals surface area contributed by atoms with Gasteiger partial charge in [-0.05, 0) is 29.0 Å². The smallest absolute Gasteiger partial charge is 0.356 e. The molecule has 0 fully saturated rings. The summed E-state index contributed by atoms with van der Waals surface area (Å²) in [4.78, 5) is 15.1. The third kappa shape index (κ3) is 2.01. The van der Waals surface area contributed by atoms with Gasteiger partial charge in [0.1, 0.15) is 5.69 Å². The fraction of sp³-hybridized carbons (Fsp3) is 0.111. The second kappa shape index (κ2) is 4.26. The van der Waals surface area contributed by atoms with Crippen LogP contribution < -0.4 is 0 Å². The molecule has 0 bridgehead atoms. The lowest BCUT2D eigenvalue weighted by atomic mass is 10.2. The first-order valence-corrected chi connectivity index (χ1v) is 6.23. The van der Waals surface area contributed by atoms with E-state index in [1.807, 2.05) is 16.8 Å². The molecule has 6 heteroatoms. The highest BCUT2D eigenvalue weighted by molar-refractivity contribution is 7.73. The van der Waals surface area contributed by atoms with E-state index in [4.69, 9.17) is 12.2 Å². The summed E-state index contributed by atoms with van der Waals surface area (Å²) in [5, 5.41) is 3.93. The molecule has 3 nitrogen and oxygen atoms in total. The maximum atomic E-state index is 11.5. The Morgan fingerprint density at radius 2 is 2.40 bits per heavy atom. The average molecular weight is 257 g/mol. The number of thiophene rings is 1. The Morgan fingerprint density at radius 3 is 3.00 bits per heavy atom. The number of rotatable bonds is 2. The van der Waals surface area contributed by atoms with Gasteiger partial charge in [0.15, 0.2) is 3.95 Å². The minimum Gasteiger partial charge on any atom is -0.464 e. The predicted octanol–water partition coefficient (Wildman–Crippen LogP) is 3.32. The summed E-state index contributed by atoms with van der Waals surface area (Å²) in [7, 11) is 1.36. The molecule has 78 valence electrons. The van der Waals surface area contributed by atoms with Crippen molar-refractivity contribution in [2.75, 3.05) is 7.11 Å². The number of esters is 1. The van der Waals surface area contributed by atoms with Gasteiger partial charge in [0.05, 0.1) is 12.0 Å². The molecule has 0 atom stereocenters. The van der Waals surface area contributed by atoms with Crippen molar-refractivity contribution >= 4 is 40.9 Å². The number of nitrogens with one attached hydrogen (secondary N) is 1. The zero-order valence-electron chi connectivity index (χ0n) is 7.77. The van der Waals surface area contributed by atoms with Gasteiger partial charge in [0.25, 0.3) is 0 Å². The van der Waals surface area contributed by atoms with Gasteiger partial charge in [-0.2, -0.15) is 11.3 Å². The normalized spacial score (nSPS) is 10.2. The van der Waals surface area contributed by atoms with Gasteiger partial charge in [0, 0.05) is 5.56 Å². The van der Waals surface area contributed by atoms with Crippen LogP contribution >= 0.6 is 34.9 Å². The maximum Gasteiger partial charge on any atom is 0.356 e. The molecule has 0 radical (unpaired) electrons. The lowest BCUT2D eigenvalue weighted by Gasteiger charge is -1.98. The molecule has 0 unspecified atom stereocenters. The van der Waals surface area contributed by atoms with E-state index in [0.717, 1.165) is 10.4 Å². The third-order valence-electron chi connectivity index (χ3n) is 1.82. The van der Waals surface area contributed by atoms with Gasteiger partial charge in [-0.1, -0.05) is 0 Å². The van der Waals surface area contributed by atoms with E-state index in [0.29, 0.717) is 9.65 Å². The Bertz CT molecular complexity index is 524. The van der Waals surface area contributed by atoms with Gasteiger partial charge < -0.3 is 9.72 Å². The molecule has 0 amide bonds. The Balaban J connectivity index is 2.57. The van der Waals surface area contributed by atoms with Crippen LogP contribution in [0.5, 0.6) is 0 Å². The third-order valence-corrected chi connectivity index (χ3v) is 3.79. The molecule has 0 aromatic carbocycles. The highest BCUT2D eigenvalue weighted by Crippen LogP contribution is 2.30. The Morgan fingerprint density at radius 1 is 1.60 bits per heavy atom. The van der Waals surface area contributed by atoms with E-state index in [-0.39, 0.29) is 5.97 Å². The van der Waals surface area contributed by atoms with Crippen molar-refractivity contribution in [1.29, 1.82) is 0 Å². The van der Waals surface area contributed by atoms with Crippen LogP contribution in [0.1, 0.15) is 10.5 Å². The molecular formula is C9H7NO2S3. The highest BCUT2D eigenvalue weighted by atomic mass is 32.1. The molecule has 2 rings (SSSR count). The number of ether oxygens (including phenoxy) is 1. The minimum atomic E-state index is -0.386. The van der Waals surface area contributed by atoms with Crippen molar-refractivity contribution in [3.8, 4) is 10.4 Å². The van der Waals surface area contributed by atoms with Crippen LogP contribution in [0.15, 0.2) is 16.8 Å². The fourth-order valence-corrected chi connectivity index (χ4v) is 3.06. The summed E-state index contributed by atoms with van der Waals surface area (Å²) in [6, 6.07) is 1.95. The van der Waals surface area contributed by atoms with Crippen molar-refractivity contribution in [3.05, 3.63) is 26.5 Å². The quantitative estimate of drug-likeness (QED) is 0.663. The highest BCUT2D eigenvalue weighted by Gasteiger charge is 2.16. The lowest BCUT2D eigenvalue weighted by molar-refractivity contribution is 0.0596. The Kier molecular flexibility index (Phi) is 2.99. The van der Waals surface area contributed by atoms with Gasteiger partial charge in [0.2, 0.25) is 0 Å². The number of thiazole rings is 1. The summed E-state index contributed by atoms with van der Waals surface area (Å²) in [5.41, 5.74) is 1.43. The fourth-order valence-electron chi connectivity index (χ4n) is 1.17. The summed E-state index contributed by atoms with van der Waals surface area (Å²) < 4.78 is 5.26. The van der Waals surface area contributed by atoms with Crippen LogP contribution in [0, 0.1) is 3.95 Å². The van der Waals surface area contributed by atoms with E-state index >= 15 is 0 Å². The van der Waals surface area contributed by atoms with Crippen molar-refractivity contribution < 1.29 is 9.53 Å². The molecule has 2 aromatic rings. The van der Waals surface area contributed by atoms with Crippen LogP contribution in [0.25, 0.3) is 10.4 Å². The summed E-state index contributed by atoms with van der Waals surface area (Å²) in [6.07, 6.45) is 0. The molecule has 2 heterocycles. The monoisotopic (exact) mass is 257 g/mol. The molecule has 0 spiro atoms. The van der Waals surface area contributed by atoms with Crippen molar-refractivity contribution in [1.82, 2.24) is 4.98 Å². The first kappa shape index (κ1) is 10.5. The van der Waals surface area contributed by atoms with E-state index in [9.17, 15) is 4.79 Å². The molecule has 0 aliphatic carbocycles. The number of carbonyl (C=O) groups is 1. The van der Waals surface area contributed by atoms with Crippen LogP contribution in [0.2, 0.25) is 0 Å². The van der Waals surface area contributed by atoms with Crippen molar-refractivity contribution in [3.63, 3.8) is 0 Å². The van der Waals surface area contributed by atoms with Crippen LogP contribution in [-0.4, -0.2) is 18.1 Å². The second-order valence-corrected chi connectivity index (χ2v) is 5.19. The first-order chi connectivity index (χ1) is 7.22. The Hall–Kier alpha value is -0.980. The molecule has 0 saturated heterocycles. The molecule has 1 N–H and O–H groups in total. The standard InChI is InChI=1S/C9H7NO2S3/c1-12-8(11)6-7(15-9(13)10-6)5-2-3-14-4-5/h2-4H,1H3,(H,10,13). The average Bonchev–Trinajstić information content (AvgIpc) is 2.84. The summed E-state index contributed by atoms with van der Waals surface area (Å²) >= 11 is 7.98. The number of hydrogen-bond acceptors (Lipinski definition) is 5. The van der Waals surface area contributed by atoms with Gasteiger partial charge in [-0.15, -0.1) is 11.3 Å². The van der Waals surface area contributed by atoms with Gasteiger partial charge in [-0.25, -0.2) is 4.79 Å². The van der Waals surface area contributed by atoms with Crippen molar-refractivity contribution in [2.24, 2.45) is 0 Å². The van der Waals surface area contributed by atoms with E-state index < -0.39 is 0 Å². The molecule has 0 aliphatic rings. The topological polar surface area (TPSA) is 42.1 Å². The Labute approximate surface area is 99.4 Å². The summed E-state index contributed by atoms with van der Waals surface area (Å²) in [6.45, 7) is 0. The van der Waals surface area contributed by atoms with E-state index in [1.54, 1.807) is 11.3 Å². The minimum absolute atomic E-state index is 0.386. The largest absolute Gasteiger partial charge is 0.464 e. The molecule has 0 aliphatic heterocycles. The summed E-state index contributed by atoms with van der Waals surface area (Å²) in [5.74, 6) is -0.386. The molecular weight excluding hydrogens is 250 g/mol. The van der Waals surface area contributed by atoms with Crippen LogP contribution in [0.4, 0.5) is 0 Å². The first-order valence-electron chi connectivity index (χ1n) is 4.06. The predicted molar refractivity (Wildman–Crippen MR) is 64.2 cm³/mol. The van der Waals surface area contributed by atoms with E-state index in [2.05, 4.69) is 9.72 Å².